The minimum atomic E-state index is -0.543. The number of para-hydroxylation sites is 3. The van der Waals surface area contributed by atoms with Gasteiger partial charge in [-0.1, -0.05) is 232 Å². The van der Waals surface area contributed by atoms with Crippen molar-refractivity contribution in [2.75, 3.05) is 4.90 Å². The van der Waals surface area contributed by atoms with Crippen LogP contribution in [0, 0.1) is 27.7 Å². The highest BCUT2D eigenvalue weighted by atomic mass is 16.3. The number of nitrogens with zero attached hydrogens (tertiary/aromatic N) is 1. The second kappa shape index (κ2) is 20.8. The van der Waals surface area contributed by atoms with Gasteiger partial charge in [-0.3, -0.25) is 0 Å². The van der Waals surface area contributed by atoms with Crippen molar-refractivity contribution in [2.45, 2.75) is 59.8 Å². The molecule has 1 aliphatic carbocycles. The van der Waals surface area contributed by atoms with Crippen molar-refractivity contribution in [1.29, 1.82) is 0 Å². The number of anilines is 3. The summed E-state index contributed by atoms with van der Waals surface area (Å²) in [4.78, 5) is 2.44. The number of hydrogen-bond donors (Lipinski definition) is 0. The Morgan fingerprint density at radius 1 is 0.487 bits per heavy atom. The number of fused-ring (bicyclic) bond motifs is 9. The highest BCUT2D eigenvalue weighted by molar-refractivity contribution is 6.14. The molecule has 0 saturated carbocycles. The fourth-order valence-electron chi connectivity index (χ4n) is 11.5. The Labute approximate surface area is 447 Å². The maximum Gasteiger partial charge on any atom is 0.159 e. The summed E-state index contributed by atoms with van der Waals surface area (Å²) < 4.78 is 12.7. The van der Waals surface area contributed by atoms with Gasteiger partial charge in [-0.05, 0) is 132 Å². The molecule has 0 amide bonds. The molecule has 76 heavy (non-hydrogen) atoms. The molecule has 0 spiro atoms. The van der Waals surface area contributed by atoms with E-state index in [9.17, 15) is 0 Å². The quantitative estimate of drug-likeness (QED) is 0.152. The number of hydrogen-bond acceptors (Lipinski definition) is 3. The summed E-state index contributed by atoms with van der Waals surface area (Å²) in [5, 5.41) is 5.83. The third-order valence-corrected chi connectivity index (χ3v) is 15.2. The number of rotatable bonds is 8. The molecule has 3 heteroatoms. The number of allylic oxidation sites excluding steroid dienone is 1. The van der Waals surface area contributed by atoms with E-state index in [-0.39, 0.29) is 0 Å². The molecule has 1 aliphatic rings. The van der Waals surface area contributed by atoms with Crippen molar-refractivity contribution < 1.29 is 8.83 Å². The average molecular weight is 986 g/mol. The maximum absolute atomic E-state index is 6.77. The Kier molecular flexibility index (Phi) is 13.5. The van der Waals surface area contributed by atoms with Crippen LogP contribution in [0.25, 0.3) is 67.0 Å². The molecule has 13 rings (SSSR count). The van der Waals surface area contributed by atoms with E-state index in [1.165, 1.54) is 77.4 Å². The van der Waals surface area contributed by atoms with Gasteiger partial charge in [-0.15, -0.1) is 0 Å². The zero-order chi connectivity index (χ0) is 52.5. The lowest BCUT2D eigenvalue weighted by Gasteiger charge is -2.35. The molecule has 0 bridgehead atoms. The van der Waals surface area contributed by atoms with Crippen molar-refractivity contribution in [3.8, 4) is 11.1 Å². The Balaban J connectivity index is 0.000000211. The minimum absolute atomic E-state index is 0.459. The van der Waals surface area contributed by atoms with Crippen molar-refractivity contribution in [1.82, 2.24) is 0 Å². The fraction of sp³-hybridized carbons (Fsp3) is 0.123. The van der Waals surface area contributed by atoms with Crippen LogP contribution in [-0.2, 0) is 5.41 Å². The van der Waals surface area contributed by atoms with E-state index in [4.69, 9.17) is 8.83 Å². The Morgan fingerprint density at radius 2 is 1.11 bits per heavy atom. The van der Waals surface area contributed by atoms with Gasteiger partial charge in [0.05, 0.1) is 16.8 Å². The van der Waals surface area contributed by atoms with Gasteiger partial charge in [-0.25, -0.2) is 0 Å². The molecule has 0 atom stereocenters. The monoisotopic (exact) mass is 985 g/mol. The second-order valence-corrected chi connectivity index (χ2v) is 20.4. The van der Waals surface area contributed by atoms with Crippen molar-refractivity contribution >= 4 is 72.9 Å². The molecule has 10 aromatic carbocycles. The van der Waals surface area contributed by atoms with E-state index >= 15 is 0 Å². The normalized spacial score (nSPS) is 12.4. The zero-order valence-electron chi connectivity index (χ0n) is 44.6. The van der Waals surface area contributed by atoms with Crippen LogP contribution in [0.2, 0.25) is 0 Å². The first kappa shape index (κ1) is 49.3. The molecule has 3 nitrogen and oxygen atoms in total. The largest absolute Gasteiger partial charge is 0.456 e. The van der Waals surface area contributed by atoms with E-state index in [1.54, 1.807) is 6.08 Å². The summed E-state index contributed by atoms with van der Waals surface area (Å²) in [7, 11) is 0. The standard InChI is InChI=1S/C50H37NO.C16H18O.C7H8/c1-32-25-28-42-43(29-32)50(35-15-6-4-7-16-35,36-17-8-5-9-18-36)44-31-46(38-19-10-11-21-40(38)48(42)44)51(37-27-26-33(2)34(3)30-37)45-23-14-22-41-39-20-12-13-24-47(39)52-49(41)45;1-5-8-13-14-10-7-9-12(11(3)4)16(14)17-15(13)6-2;1-7-5-3-2-4-6-7/h4-31H,1-3H3;5-11H,2H2,1,3-4H3;2-6H,1H3/b;8-5-;. The van der Waals surface area contributed by atoms with Crippen LogP contribution in [-0.4, -0.2) is 0 Å². The third kappa shape index (κ3) is 8.62. The van der Waals surface area contributed by atoms with Crippen LogP contribution in [0.5, 0.6) is 0 Å². The third-order valence-electron chi connectivity index (χ3n) is 15.2. The Hall–Kier alpha value is -8.92. The second-order valence-electron chi connectivity index (χ2n) is 20.4. The summed E-state index contributed by atoms with van der Waals surface area (Å²) in [5.41, 5.74) is 20.6. The van der Waals surface area contributed by atoms with Crippen LogP contribution in [0.15, 0.2) is 240 Å². The Bertz CT molecular complexity index is 4060. The number of furan rings is 2. The molecule has 2 aromatic heterocycles. The molecule has 0 fully saturated rings. The molecule has 0 aliphatic heterocycles. The summed E-state index contributed by atoms with van der Waals surface area (Å²) in [6.45, 7) is 18.9. The highest BCUT2D eigenvalue weighted by Crippen LogP contribution is 2.60. The minimum Gasteiger partial charge on any atom is -0.456 e. The van der Waals surface area contributed by atoms with Gasteiger partial charge >= 0.3 is 0 Å². The molecule has 0 unspecified atom stereocenters. The van der Waals surface area contributed by atoms with Gasteiger partial charge in [0.15, 0.2) is 5.58 Å². The van der Waals surface area contributed by atoms with Crippen LogP contribution in [0.3, 0.4) is 0 Å². The van der Waals surface area contributed by atoms with Gasteiger partial charge in [0.2, 0.25) is 0 Å². The van der Waals surface area contributed by atoms with Gasteiger partial charge in [0, 0.05) is 32.8 Å². The smallest absolute Gasteiger partial charge is 0.159 e. The molecule has 12 aromatic rings. The molecule has 0 radical (unpaired) electrons. The first-order valence-electron chi connectivity index (χ1n) is 26.5. The van der Waals surface area contributed by atoms with Gasteiger partial charge < -0.3 is 13.7 Å². The van der Waals surface area contributed by atoms with Gasteiger partial charge in [0.25, 0.3) is 0 Å². The predicted octanol–water partition coefficient (Wildman–Crippen LogP) is 20.7. The lowest BCUT2D eigenvalue weighted by molar-refractivity contribution is 0.595. The summed E-state index contributed by atoms with van der Waals surface area (Å²) in [6, 6.07) is 79.0. The van der Waals surface area contributed by atoms with E-state index in [1.807, 2.05) is 37.3 Å². The SMILES string of the molecule is C=Cc1oc2c(C(C)C)cccc2c1/C=C\C.Cc1ccc2c(c1)C(c1ccccc1)(c1ccccc1)c1cc(N(c3ccc(C)c(C)c3)c3cccc4c3oc3ccccc34)c3ccccc3c1-2.Cc1ccccc1. The lowest BCUT2D eigenvalue weighted by Crippen LogP contribution is -2.29. The molecular weight excluding hydrogens is 923 g/mol. The van der Waals surface area contributed by atoms with Crippen molar-refractivity contribution in [2.24, 2.45) is 0 Å². The topological polar surface area (TPSA) is 29.5 Å². The summed E-state index contributed by atoms with van der Waals surface area (Å²) in [6.07, 6.45) is 5.88. The van der Waals surface area contributed by atoms with Gasteiger partial charge in [-0.2, -0.15) is 0 Å². The average Bonchev–Trinajstić information content (AvgIpc) is 4.20. The van der Waals surface area contributed by atoms with E-state index in [0.717, 1.165) is 55.9 Å². The fourth-order valence-corrected chi connectivity index (χ4v) is 11.5. The lowest BCUT2D eigenvalue weighted by atomic mass is 9.67. The van der Waals surface area contributed by atoms with Crippen LogP contribution in [0.4, 0.5) is 17.1 Å². The maximum atomic E-state index is 6.77. The predicted molar refractivity (Wildman–Crippen MR) is 324 cm³/mol. The first-order chi connectivity index (χ1) is 37.1. The van der Waals surface area contributed by atoms with Gasteiger partial charge in [0.1, 0.15) is 16.9 Å². The van der Waals surface area contributed by atoms with Crippen molar-refractivity contribution in [3.63, 3.8) is 0 Å². The molecule has 0 saturated heterocycles. The number of aryl methyl sites for hydroxylation is 4. The zero-order valence-corrected chi connectivity index (χ0v) is 44.6. The molecule has 2 heterocycles. The summed E-state index contributed by atoms with van der Waals surface area (Å²) >= 11 is 0. The molecule has 372 valence electrons. The number of benzene rings is 10. The van der Waals surface area contributed by atoms with Crippen molar-refractivity contribution in [3.05, 3.63) is 292 Å². The van der Waals surface area contributed by atoms with Crippen LogP contribution in [0.1, 0.15) is 88.1 Å². The first-order valence-corrected chi connectivity index (χ1v) is 26.5. The molecular formula is C73H63NO2. The van der Waals surface area contributed by atoms with Crippen LogP contribution < -0.4 is 4.90 Å². The van der Waals surface area contributed by atoms with E-state index in [0.29, 0.717) is 5.92 Å². The van der Waals surface area contributed by atoms with E-state index < -0.39 is 5.41 Å². The highest BCUT2D eigenvalue weighted by Gasteiger charge is 2.47. The Morgan fingerprint density at radius 3 is 1.75 bits per heavy atom. The van der Waals surface area contributed by atoms with E-state index in [2.05, 4.69) is 253 Å². The molecule has 0 N–H and O–H groups in total. The van der Waals surface area contributed by atoms with Crippen LogP contribution >= 0.6 is 0 Å². The summed E-state index contributed by atoms with van der Waals surface area (Å²) in [5.74, 6) is 1.31.